The Morgan fingerprint density at radius 2 is 1.76 bits per heavy atom. The Balaban J connectivity index is 2.83. The zero-order valence-electron chi connectivity index (χ0n) is 11.5. The number of nitrogens with two attached hydrogens (primary N) is 1. The number of primary amides is 1. The van der Waals surface area contributed by atoms with E-state index >= 15 is 0 Å². The van der Waals surface area contributed by atoms with Crippen molar-refractivity contribution >= 4 is 11.9 Å². The Kier molecular flexibility index (Phi) is 4.95. The molecule has 0 aliphatic rings. The molecule has 0 aliphatic carbocycles. The van der Waals surface area contributed by atoms with Crippen LogP contribution in [0.5, 0.6) is 0 Å². The summed E-state index contributed by atoms with van der Waals surface area (Å²) >= 11 is 0. The van der Waals surface area contributed by atoms with E-state index in [9.17, 15) is 22.8 Å². The maximum Gasteiger partial charge on any atom is 0.416 e. The van der Waals surface area contributed by atoms with Gasteiger partial charge in [0.05, 0.1) is 12.1 Å². The fourth-order valence-electron chi connectivity index (χ4n) is 1.67. The van der Waals surface area contributed by atoms with Gasteiger partial charge in [0.25, 0.3) is 0 Å². The van der Waals surface area contributed by atoms with Gasteiger partial charge in [0.15, 0.2) is 0 Å². The van der Waals surface area contributed by atoms with Crippen molar-refractivity contribution in [3.8, 4) is 0 Å². The maximum atomic E-state index is 12.7. The zero-order chi connectivity index (χ0) is 16.3. The number of carbonyl (C=O) groups is 2. The third-order valence-corrected chi connectivity index (χ3v) is 2.87. The van der Waals surface area contributed by atoms with Crippen LogP contribution in [-0.4, -0.2) is 18.5 Å². The largest absolute Gasteiger partial charge is 0.416 e. The van der Waals surface area contributed by atoms with Gasteiger partial charge >= 0.3 is 12.2 Å². The summed E-state index contributed by atoms with van der Waals surface area (Å²) in [6, 6.07) is 3.82. The molecule has 1 rings (SSSR count). The van der Waals surface area contributed by atoms with Crippen molar-refractivity contribution in [3.63, 3.8) is 0 Å². The van der Waals surface area contributed by atoms with Crippen molar-refractivity contribution in [2.45, 2.75) is 25.6 Å². The smallest absolute Gasteiger partial charge is 0.351 e. The monoisotopic (exact) mass is 303 g/mol. The number of benzene rings is 1. The van der Waals surface area contributed by atoms with Gasteiger partial charge in [-0.25, -0.2) is 4.79 Å². The molecule has 4 N–H and O–H groups in total. The van der Waals surface area contributed by atoms with Crippen LogP contribution in [0.15, 0.2) is 24.3 Å². The van der Waals surface area contributed by atoms with Crippen LogP contribution in [0.25, 0.3) is 0 Å². The lowest BCUT2D eigenvalue weighted by Gasteiger charge is -2.27. The molecule has 21 heavy (non-hydrogen) atoms. The first-order valence-electron chi connectivity index (χ1n) is 6.04. The summed E-state index contributed by atoms with van der Waals surface area (Å²) in [4.78, 5) is 21.8. The zero-order valence-corrected chi connectivity index (χ0v) is 11.5. The van der Waals surface area contributed by atoms with Gasteiger partial charge in [0, 0.05) is 5.54 Å². The number of hydrogen-bond acceptors (Lipinski definition) is 3. The summed E-state index contributed by atoms with van der Waals surface area (Å²) < 4.78 is 38.0. The molecule has 0 saturated carbocycles. The van der Waals surface area contributed by atoms with E-state index < -0.39 is 29.2 Å². The predicted octanol–water partition coefficient (Wildman–Crippen LogP) is 1.73. The molecule has 1 aromatic carbocycles. The highest BCUT2D eigenvalue weighted by atomic mass is 19.4. The predicted molar refractivity (Wildman–Crippen MR) is 70.2 cm³/mol. The summed E-state index contributed by atoms with van der Waals surface area (Å²) in [6.07, 6.45) is -4.44. The van der Waals surface area contributed by atoms with Crippen LogP contribution in [0.3, 0.4) is 0 Å². The Morgan fingerprint density at radius 1 is 1.19 bits per heavy atom. The van der Waals surface area contributed by atoms with Crippen molar-refractivity contribution < 1.29 is 22.8 Å². The van der Waals surface area contributed by atoms with Crippen LogP contribution in [0, 0.1) is 0 Å². The molecular formula is C13H16F3N3O2. The van der Waals surface area contributed by atoms with Crippen LogP contribution in [0.4, 0.5) is 18.0 Å². The Bertz CT molecular complexity index is 542. The highest BCUT2D eigenvalue weighted by molar-refractivity contribution is 5.94. The molecule has 0 bridgehead atoms. The van der Waals surface area contributed by atoms with Crippen molar-refractivity contribution in [1.29, 1.82) is 0 Å². The lowest BCUT2D eigenvalue weighted by Crippen LogP contribution is -2.46. The van der Waals surface area contributed by atoms with Crippen molar-refractivity contribution in [3.05, 3.63) is 35.4 Å². The summed E-state index contributed by atoms with van der Waals surface area (Å²) in [5, 5.41) is 4.63. The number of nitrogens with one attached hydrogen (secondary N) is 2. The topological polar surface area (TPSA) is 84.2 Å². The highest BCUT2D eigenvalue weighted by Gasteiger charge is 2.32. The summed E-state index contributed by atoms with van der Waals surface area (Å²) in [5.74, 6) is -0.664. The van der Waals surface area contributed by atoms with E-state index in [-0.39, 0.29) is 6.54 Å². The molecule has 0 fully saturated rings. The Morgan fingerprint density at radius 3 is 2.29 bits per heavy atom. The van der Waals surface area contributed by atoms with Crippen molar-refractivity contribution in [2.24, 2.45) is 5.73 Å². The molecule has 8 heteroatoms. The second-order valence-electron chi connectivity index (χ2n) is 4.97. The van der Waals surface area contributed by atoms with E-state index in [4.69, 9.17) is 5.73 Å². The minimum atomic E-state index is -4.44. The summed E-state index contributed by atoms with van der Waals surface area (Å²) in [7, 11) is 0. The van der Waals surface area contributed by atoms with Crippen LogP contribution in [-0.2, 0) is 16.5 Å². The first-order chi connectivity index (χ1) is 9.52. The molecule has 0 atom stereocenters. The lowest BCUT2D eigenvalue weighted by atomic mass is 9.92. The van der Waals surface area contributed by atoms with E-state index in [0.717, 1.165) is 12.1 Å². The molecule has 0 spiro atoms. The third kappa shape index (κ3) is 5.07. The molecule has 0 radical (unpaired) electrons. The molecule has 0 saturated heterocycles. The quantitative estimate of drug-likeness (QED) is 0.792. The van der Waals surface area contributed by atoms with E-state index in [1.165, 1.54) is 12.1 Å². The fourth-order valence-corrected chi connectivity index (χ4v) is 1.67. The van der Waals surface area contributed by atoms with E-state index in [2.05, 4.69) is 5.32 Å². The van der Waals surface area contributed by atoms with Crippen molar-refractivity contribution in [2.75, 3.05) is 6.54 Å². The fraction of sp³-hybridized carbons (Fsp3) is 0.385. The molecule has 1 aromatic rings. The first-order valence-corrected chi connectivity index (χ1v) is 6.04. The highest BCUT2D eigenvalue weighted by Crippen LogP contribution is 2.31. The van der Waals surface area contributed by atoms with Gasteiger partial charge in [-0.05, 0) is 31.5 Å². The normalized spacial score (nSPS) is 12.0. The van der Waals surface area contributed by atoms with Gasteiger partial charge in [0.1, 0.15) is 0 Å². The number of urea groups is 1. The summed E-state index contributed by atoms with van der Waals surface area (Å²) in [6.45, 7) is 2.99. The molecule has 0 aromatic heterocycles. The SMILES string of the molecule is CC(C)(NCC(=O)NC(N)=O)c1cccc(C(F)(F)F)c1. The molecule has 0 heterocycles. The molecule has 5 nitrogen and oxygen atoms in total. The van der Waals surface area contributed by atoms with Gasteiger partial charge in [-0.1, -0.05) is 12.1 Å². The molecule has 3 amide bonds. The molecule has 0 aliphatic heterocycles. The van der Waals surface area contributed by atoms with Crippen LogP contribution < -0.4 is 16.4 Å². The second kappa shape index (κ2) is 6.13. The number of hydrogen-bond donors (Lipinski definition) is 3. The van der Waals surface area contributed by atoms with Crippen LogP contribution in [0.1, 0.15) is 25.0 Å². The van der Waals surface area contributed by atoms with Crippen LogP contribution >= 0.6 is 0 Å². The summed E-state index contributed by atoms with van der Waals surface area (Å²) in [5.41, 5.74) is 3.49. The van der Waals surface area contributed by atoms with E-state index in [0.29, 0.717) is 5.56 Å². The second-order valence-corrected chi connectivity index (χ2v) is 4.97. The number of halogens is 3. The minimum absolute atomic E-state index is 0.258. The van der Waals surface area contributed by atoms with Crippen molar-refractivity contribution in [1.82, 2.24) is 10.6 Å². The standard InChI is InChI=1S/C13H16F3N3O2/c1-12(2,18-7-10(20)19-11(17)21)8-4-3-5-9(6-8)13(14,15)16/h3-6,18H,7H2,1-2H3,(H3,17,19,20,21). The molecular weight excluding hydrogens is 287 g/mol. The van der Waals surface area contributed by atoms with Gasteiger partial charge in [-0.2, -0.15) is 13.2 Å². The number of rotatable bonds is 4. The van der Waals surface area contributed by atoms with E-state index in [1.54, 1.807) is 13.8 Å². The first kappa shape index (κ1) is 17.0. The Labute approximate surface area is 119 Å². The van der Waals surface area contributed by atoms with Gasteiger partial charge in [-0.15, -0.1) is 0 Å². The Hall–Kier alpha value is -2.09. The number of imide groups is 1. The van der Waals surface area contributed by atoms with Gasteiger partial charge < -0.3 is 5.73 Å². The average molecular weight is 303 g/mol. The lowest BCUT2D eigenvalue weighted by molar-refractivity contribution is -0.137. The van der Waals surface area contributed by atoms with Crippen LogP contribution in [0.2, 0.25) is 0 Å². The number of amides is 3. The third-order valence-electron chi connectivity index (χ3n) is 2.87. The van der Waals surface area contributed by atoms with E-state index in [1.807, 2.05) is 5.32 Å². The number of carbonyl (C=O) groups excluding carboxylic acids is 2. The number of alkyl halides is 3. The molecule has 116 valence electrons. The van der Waals surface area contributed by atoms with Gasteiger partial charge in [-0.3, -0.25) is 15.4 Å². The minimum Gasteiger partial charge on any atom is -0.351 e. The maximum absolute atomic E-state index is 12.7. The average Bonchev–Trinajstić information content (AvgIpc) is 2.35. The van der Waals surface area contributed by atoms with Gasteiger partial charge in [0.2, 0.25) is 5.91 Å². The molecule has 0 unspecified atom stereocenters.